The smallest absolute Gasteiger partial charge is 0.270 e. The third kappa shape index (κ3) is 2.59. The maximum absolute atomic E-state index is 13.1. The van der Waals surface area contributed by atoms with Crippen LogP contribution in [0.25, 0.3) is 16.7 Å². The van der Waals surface area contributed by atoms with Crippen molar-refractivity contribution in [2.75, 3.05) is 13.1 Å². The first-order valence-corrected chi connectivity index (χ1v) is 8.78. The van der Waals surface area contributed by atoms with Crippen LogP contribution in [-0.2, 0) is 11.8 Å². The molecule has 0 saturated carbocycles. The van der Waals surface area contributed by atoms with Gasteiger partial charge in [-0.15, -0.1) is 0 Å². The maximum Gasteiger partial charge on any atom is 0.270 e. The molecule has 0 spiro atoms. The highest BCUT2D eigenvalue weighted by atomic mass is 16.5. The van der Waals surface area contributed by atoms with Crippen molar-refractivity contribution >= 4 is 22.6 Å². The fourth-order valence-electron chi connectivity index (χ4n) is 3.69. The van der Waals surface area contributed by atoms with Crippen LogP contribution >= 0.6 is 0 Å². The van der Waals surface area contributed by atoms with Gasteiger partial charge in [-0.3, -0.25) is 14.0 Å². The Morgan fingerprint density at radius 2 is 1.92 bits per heavy atom. The van der Waals surface area contributed by atoms with Crippen LogP contribution < -0.4 is 5.56 Å². The monoisotopic (exact) mass is 354 g/mol. The molecule has 7 heteroatoms. The summed E-state index contributed by atoms with van der Waals surface area (Å²) in [4.78, 5) is 32.3. The zero-order valence-electron chi connectivity index (χ0n) is 15.4. The summed E-state index contributed by atoms with van der Waals surface area (Å²) in [7, 11) is 1.78. The number of pyridine rings is 1. The van der Waals surface area contributed by atoms with Crippen LogP contribution in [0.15, 0.2) is 29.2 Å². The van der Waals surface area contributed by atoms with Crippen LogP contribution in [-0.4, -0.2) is 50.1 Å². The molecule has 1 amide bonds. The molecule has 7 nitrogen and oxygen atoms in total. The van der Waals surface area contributed by atoms with Gasteiger partial charge < -0.3 is 14.2 Å². The molecule has 26 heavy (non-hydrogen) atoms. The molecule has 0 aliphatic carbocycles. The van der Waals surface area contributed by atoms with Gasteiger partial charge in [-0.2, -0.15) is 0 Å². The number of morpholine rings is 1. The molecule has 3 aromatic heterocycles. The number of nitrogens with zero attached hydrogens (tertiary/aromatic N) is 4. The number of fused-ring (bicyclic) bond motifs is 2. The van der Waals surface area contributed by atoms with Gasteiger partial charge in [0.25, 0.3) is 11.5 Å². The third-order valence-electron chi connectivity index (χ3n) is 4.87. The first-order valence-electron chi connectivity index (χ1n) is 8.78. The zero-order chi connectivity index (χ0) is 18.6. The lowest BCUT2D eigenvalue weighted by molar-refractivity contribution is -0.0588. The van der Waals surface area contributed by atoms with E-state index in [1.54, 1.807) is 28.8 Å². The van der Waals surface area contributed by atoms with Gasteiger partial charge in [0, 0.05) is 26.3 Å². The van der Waals surface area contributed by atoms with E-state index in [1.807, 2.05) is 32.9 Å². The molecule has 0 N–H and O–H groups in total. The normalized spacial score (nSPS) is 20.8. The second kappa shape index (κ2) is 5.95. The number of rotatable bonds is 1. The quantitative estimate of drug-likeness (QED) is 0.668. The Labute approximate surface area is 150 Å². The summed E-state index contributed by atoms with van der Waals surface area (Å²) < 4.78 is 8.95. The van der Waals surface area contributed by atoms with E-state index in [4.69, 9.17) is 4.74 Å². The Morgan fingerprint density at radius 1 is 1.23 bits per heavy atom. The van der Waals surface area contributed by atoms with Crippen molar-refractivity contribution in [3.63, 3.8) is 0 Å². The van der Waals surface area contributed by atoms with E-state index in [9.17, 15) is 9.59 Å². The van der Waals surface area contributed by atoms with Crippen LogP contribution in [0.1, 0.15) is 29.9 Å². The van der Waals surface area contributed by atoms with E-state index in [2.05, 4.69) is 4.98 Å². The highest BCUT2D eigenvalue weighted by molar-refractivity contribution is 5.98. The van der Waals surface area contributed by atoms with Crippen LogP contribution in [0.5, 0.6) is 0 Å². The lowest BCUT2D eigenvalue weighted by Crippen LogP contribution is -2.48. The van der Waals surface area contributed by atoms with Gasteiger partial charge in [0.1, 0.15) is 17.0 Å². The molecule has 0 radical (unpaired) electrons. The van der Waals surface area contributed by atoms with Crippen LogP contribution in [0.2, 0.25) is 0 Å². The van der Waals surface area contributed by atoms with Crippen LogP contribution in [0.3, 0.4) is 0 Å². The predicted octanol–water partition coefficient (Wildman–Crippen LogP) is 1.74. The average Bonchev–Trinajstić information content (AvgIpc) is 2.91. The second-order valence-corrected chi connectivity index (χ2v) is 7.14. The Balaban J connectivity index is 1.85. The van der Waals surface area contributed by atoms with Gasteiger partial charge in [-0.1, -0.05) is 6.07 Å². The minimum absolute atomic E-state index is 0.00769. The fourth-order valence-corrected chi connectivity index (χ4v) is 3.69. The Kier molecular flexibility index (Phi) is 3.84. The van der Waals surface area contributed by atoms with Gasteiger partial charge in [0.15, 0.2) is 0 Å². The molecule has 1 saturated heterocycles. The predicted molar refractivity (Wildman–Crippen MR) is 98.6 cm³/mol. The highest BCUT2D eigenvalue weighted by Crippen LogP contribution is 2.19. The van der Waals surface area contributed by atoms with Crippen LogP contribution in [0, 0.1) is 6.92 Å². The zero-order valence-corrected chi connectivity index (χ0v) is 15.4. The van der Waals surface area contributed by atoms with Crippen molar-refractivity contribution < 1.29 is 9.53 Å². The topological polar surface area (TPSA) is 68.8 Å². The molecule has 4 heterocycles. The number of carbonyl (C=O) groups is 1. The summed E-state index contributed by atoms with van der Waals surface area (Å²) in [6.07, 6.45) is 1.75. The van der Waals surface area contributed by atoms with Gasteiger partial charge in [0.2, 0.25) is 0 Å². The lowest BCUT2D eigenvalue weighted by atomic mass is 10.2. The van der Waals surface area contributed by atoms with Crippen molar-refractivity contribution in [2.45, 2.75) is 33.0 Å². The fraction of sp³-hybridized carbons (Fsp3) is 0.421. The Hall–Kier alpha value is -2.67. The van der Waals surface area contributed by atoms with E-state index >= 15 is 0 Å². The molecule has 136 valence electrons. The number of amides is 1. The van der Waals surface area contributed by atoms with Gasteiger partial charge in [-0.05, 0) is 38.5 Å². The molecule has 1 fully saturated rings. The summed E-state index contributed by atoms with van der Waals surface area (Å²) in [6, 6.07) is 5.39. The molecule has 1 aliphatic rings. The maximum atomic E-state index is 13.1. The average molecular weight is 354 g/mol. The molecule has 0 aromatic carbocycles. The van der Waals surface area contributed by atoms with Crippen molar-refractivity contribution in [3.05, 3.63) is 46.0 Å². The standard InChI is InChI=1S/C19H22N4O3/c1-11-5-6-16-20-17-14(18(24)23(16)8-11)7-15(21(17)4)19(25)22-9-12(2)26-13(3)10-22/h5-8,12-13H,9-10H2,1-4H3/t12-,13+. The molecule has 0 unspecified atom stereocenters. The SMILES string of the molecule is Cc1ccc2nc3c(cc(C(=O)N4C[C@@H](C)O[C@@H](C)C4)n3C)c(=O)n2c1. The summed E-state index contributed by atoms with van der Waals surface area (Å²) in [5.41, 5.74) is 2.38. The number of hydrogen-bond acceptors (Lipinski definition) is 4. The van der Waals surface area contributed by atoms with Crippen molar-refractivity contribution in [1.82, 2.24) is 18.9 Å². The number of aromatic nitrogens is 3. The van der Waals surface area contributed by atoms with Gasteiger partial charge in [-0.25, -0.2) is 4.98 Å². The minimum Gasteiger partial charge on any atom is -0.372 e. The number of aryl methyl sites for hydroxylation is 2. The van der Waals surface area contributed by atoms with E-state index in [0.29, 0.717) is 35.5 Å². The van der Waals surface area contributed by atoms with Crippen molar-refractivity contribution in [3.8, 4) is 0 Å². The first kappa shape index (κ1) is 16.8. The largest absolute Gasteiger partial charge is 0.372 e. The van der Waals surface area contributed by atoms with E-state index in [1.165, 1.54) is 4.40 Å². The lowest BCUT2D eigenvalue weighted by Gasteiger charge is -2.35. The minimum atomic E-state index is -0.160. The molecular formula is C19H22N4O3. The summed E-state index contributed by atoms with van der Waals surface area (Å²) in [5, 5.41) is 0.452. The summed E-state index contributed by atoms with van der Waals surface area (Å²) in [5.74, 6) is -0.0999. The summed E-state index contributed by atoms with van der Waals surface area (Å²) in [6.45, 7) is 6.92. The van der Waals surface area contributed by atoms with E-state index < -0.39 is 0 Å². The van der Waals surface area contributed by atoms with Gasteiger partial charge >= 0.3 is 0 Å². The van der Waals surface area contributed by atoms with Crippen molar-refractivity contribution in [1.29, 1.82) is 0 Å². The van der Waals surface area contributed by atoms with Gasteiger partial charge in [0.05, 0.1) is 17.6 Å². The molecular weight excluding hydrogens is 332 g/mol. The van der Waals surface area contributed by atoms with Crippen LogP contribution in [0.4, 0.5) is 0 Å². The molecule has 4 rings (SSSR count). The van der Waals surface area contributed by atoms with E-state index in [0.717, 1.165) is 5.56 Å². The Bertz CT molecular complexity index is 1070. The molecule has 3 aromatic rings. The first-order chi connectivity index (χ1) is 12.3. The number of carbonyl (C=O) groups excluding carboxylic acids is 1. The third-order valence-corrected chi connectivity index (χ3v) is 4.87. The second-order valence-electron chi connectivity index (χ2n) is 7.14. The highest BCUT2D eigenvalue weighted by Gasteiger charge is 2.29. The number of hydrogen-bond donors (Lipinski definition) is 0. The Morgan fingerprint density at radius 3 is 2.62 bits per heavy atom. The molecule has 0 bridgehead atoms. The summed E-state index contributed by atoms with van der Waals surface area (Å²) >= 11 is 0. The number of ether oxygens (including phenoxy) is 1. The molecule has 1 aliphatic heterocycles. The van der Waals surface area contributed by atoms with E-state index in [-0.39, 0.29) is 23.7 Å². The molecule has 2 atom stereocenters. The van der Waals surface area contributed by atoms with Crippen molar-refractivity contribution in [2.24, 2.45) is 7.05 Å².